The molecule has 90 valence electrons. The summed E-state index contributed by atoms with van der Waals surface area (Å²) in [4.78, 5) is 28.0. The summed E-state index contributed by atoms with van der Waals surface area (Å²) in [5.41, 5.74) is 0.558. The van der Waals surface area contributed by atoms with Crippen molar-refractivity contribution in [2.75, 3.05) is 0 Å². The minimum atomic E-state index is -0.433. The summed E-state index contributed by atoms with van der Waals surface area (Å²) in [6, 6.07) is 3.47. The van der Waals surface area contributed by atoms with E-state index in [0.717, 1.165) is 12.8 Å². The Labute approximate surface area is 101 Å². The number of Topliss-reactive ketones (excluding diaryl/α,β-unsaturated/α-hetero) is 2. The van der Waals surface area contributed by atoms with Gasteiger partial charge in [-0.1, -0.05) is 13.3 Å². The third-order valence-corrected chi connectivity index (χ3v) is 3.60. The molecule has 0 N–H and O–H groups in total. The van der Waals surface area contributed by atoms with Crippen LogP contribution in [0.2, 0.25) is 0 Å². The number of hydrogen-bond donors (Lipinski definition) is 0. The van der Waals surface area contributed by atoms with Gasteiger partial charge in [-0.25, -0.2) is 0 Å². The molecule has 17 heavy (non-hydrogen) atoms. The van der Waals surface area contributed by atoms with Crippen molar-refractivity contribution in [3.05, 3.63) is 30.1 Å². The molecular weight excluding hydrogens is 214 g/mol. The summed E-state index contributed by atoms with van der Waals surface area (Å²) < 4.78 is 0. The Morgan fingerprint density at radius 3 is 3.00 bits per heavy atom. The number of carbonyl (C=O) groups is 2. The smallest absolute Gasteiger partial charge is 0.174 e. The molecule has 2 atom stereocenters. The maximum Gasteiger partial charge on any atom is 0.174 e. The number of pyridine rings is 1. The van der Waals surface area contributed by atoms with Crippen LogP contribution in [0.15, 0.2) is 24.5 Å². The van der Waals surface area contributed by atoms with Gasteiger partial charge in [0.05, 0.1) is 5.92 Å². The summed E-state index contributed by atoms with van der Waals surface area (Å²) in [5, 5.41) is 0. The van der Waals surface area contributed by atoms with Crippen LogP contribution in [0.4, 0.5) is 0 Å². The zero-order valence-electron chi connectivity index (χ0n) is 10.1. The van der Waals surface area contributed by atoms with Crippen LogP contribution in [-0.2, 0) is 4.79 Å². The van der Waals surface area contributed by atoms with Crippen LogP contribution in [0.3, 0.4) is 0 Å². The highest BCUT2D eigenvalue weighted by Gasteiger charge is 2.33. The molecular formula is C14H17NO2. The predicted octanol–water partition coefficient (Wildman–Crippen LogP) is 2.66. The summed E-state index contributed by atoms with van der Waals surface area (Å²) in [6.07, 6.45) is 6.42. The molecule has 0 aliphatic heterocycles. The number of ketones is 2. The van der Waals surface area contributed by atoms with Crippen LogP contribution in [0.5, 0.6) is 0 Å². The second-order valence-corrected chi connectivity index (χ2v) is 4.67. The Morgan fingerprint density at radius 1 is 1.53 bits per heavy atom. The lowest BCUT2D eigenvalue weighted by molar-refractivity contribution is -0.123. The SMILES string of the molecule is CCC1CCC(=O)C(C(=O)c2cccnc2)C1. The Kier molecular flexibility index (Phi) is 3.67. The number of carbonyl (C=O) groups excluding carboxylic acids is 2. The first-order chi connectivity index (χ1) is 8.22. The molecule has 0 amide bonds. The number of nitrogens with zero attached hydrogens (tertiary/aromatic N) is 1. The lowest BCUT2D eigenvalue weighted by Crippen LogP contribution is -2.31. The van der Waals surface area contributed by atoms with Gasteiger partial charge in [-0.05, 0) is 30.9 Å². The van der Waals surface area contributed by atoms with Crippen LogP contribution in [0, 0.1) is 11.8 Å². The molecule has 2 unspecified atom stereocenters. The Hall–Kier alpha value is -1.51. The molecule has 1 aromatic rings. The second kappa shape index (κ2) is 5.21. The molecule has 3 nitrogen and oxygen atoms in total. The standard InChI is InChI=1S/C14H17NO2/c1-2-10-5-6-13(16)12(8-10)14(17)11-4-3-7-15-9-11/h3-4,7,9-10,12H,2,5-6,8H2,1H3. The van der Waals surface area contributed by atoms with Crippen molar-refractivity contribution in [1.82, 2.24) is 4.98 Å². The fourth-order valence-electron chi connectivity index (χ4n) is 2.44. The van der Waals surface area contributed by atoms with Crippen LogP contribution in [-0.4, -0.2) is 16.6 Å². The summed E-state index contributed by atoms with van der Waals surface area (Å²) >= 11 is 0. The lowest BCUT2D eigenvalue weighted by atomic mass is 9.76. The molecule has 1 aliphatic carbocycles. The molecule has 0 spiro atoms. The average molecular weight is 231 g/mol. The van der Waals surface area contributed by atoms with Crippen LogP contribution >= 0.6 is 0 Å². The van der Waals surface area contributed by atoms with Gasteiger partial charge in [0.2, 0.25) is 0 Å². The van der Waals surface area contributed by atoms with E-state index in [1.807, 2.05) is 0 Å². The van der Waals surface area contributed by atoms with Gasteiger partial charge in [-0.15, -0.1) is 0 Å². The quantitative estimate of drug-likeness (QED) is 0.593. The normalized spacial score (nSPS) is 24.6. The van der Waals surface area contributed by atoms with Gasteiger partial charge in [0.15, 0.2) is 5.78 Å². The molecule has 0 saturated heterocycles. The molecule has 1 heterocycles. The van der Waals surface area contributed by atoms with E-state index in [1.165, 1.54) is 0 Å². The van der Waals surface area contributed by atoms with E-state index in [0.29, 0.717) is 24.3 Å². The molecule has 1 aromatic heterocycles. The maximum atomic E-state index is 12.2. The van der Waals surface area contributed by atoms with Crippen molar-refractivity contribution in [1.29, 1.82) is 0 Å². The first-order valence-corrected chi connectivity index (χ1v) is 6.19. The van der Waals surface area contributed by atoms with Crippen molar-refractivity contribution < 1.29 is 9.59 Å². The van der Waals surface area contributed by atoms with Crippen molar-refractivity contribution in [2.45, 2.75) is 32.6 Å². The first kappa shape index (κ1) is 12.0. The fraction of sp³-hybridized carbons (Fsp3) is 0.500. The highest BCUT2D eigenvalue weighted by Crippen LogP contribution is 2.30. The van der Waals surface area contributed by atoms with E-state index >= 15 is 0 Å². The Bertz CT molecular complexity index is 413. The summed E-state index contributed by atoms with van der Waals surface area (Å²) in [7, 11) is 0. The van der Waals surface area contributed by atoms with E-state index < -0.39 is 5.92 Å². The molecule has 0 bridgehead atoms. The van der Waals surface area contributed by atoms with Crippen molar-refractivity contribution in [3.8, 4) is 0 Å². The number of rotatable bonds is 3. The van der Waals surface area contributed by atoms with Crippen LogP contribution in [0.25, 0.3) is 0 Å². The minimum absolute atomic E-state index is 0.0544. The van der Waals surface area contributed by atoms with Gasteiger partial charge in [0, 0.05) is 24.4 Å². The second-order valence-electron chi connectivity index (χ2n) is 4.67. The Balaban J connectivity index is 2.15. The topological polar surface area (TPSA) is 47.0 Å². The van der Waals surface area contributed by atoms with Gasteiger partial charge in [0.25, 0.3) is 0 Å². The van der Waals surface area contributed by atoms with Crippen LogP contribution < -0.4 is 0 Å². The van der Waals surface area contributed by atoms with Crippen molar-refractivity contribution in [2.24, 2.45) is 11.8 Å². The van der Waals surface area contributed by atoms with Crippen molar-refractivity contribution >= 4 is 11.6 Å². The third kappa shape index (κ3) is 2.60. The van der Waals surface area contributed by atoms with Crippen molar-refractivity contribution in [3.63, 3.8) is 0 Å². The third-order valence-electron chi connectivity index (χ3n) is 3.60. The molecule has 0 aromatic carbocycles. The van der Waals surface area contributed by atoms with E-state index in [1.54, 1.807) is 24.5 Å². The van der Waals surface area contributed by atoms with Gasteiger partial charge in [0.1, 0.15) is 5.78 Å². The zero-order chi connectivity index (χ0) is 12.3. The summed E-state index contributed by atoms with van der Waals surface area (Å²) in [6.45, 7) is 2.12. The zero-order valence-corrected chi connectivity index (χ0v) is 10.1. The molecule has 3 heteroatoms. The summed E-state index contributed by atoms with van der Waals surface area (Å²) in [5.74, 6) is 0.126. The predicted molar refractivity (Wildman–Crippen MR) is 64.7 cm³/mol. The highest BCUT2D eigenvalue weighted by atomic mass is 16.1. The van der Waals surface area contributed by atoms with Gasteiger partial charge in [-0.3, -0.25) is 14.6 Å². The van der Waals surface area contributed by atoms with E-state index in [2.05, 4.69) is 11.9 Å². The van der Waals surface area contributed by atoms with E-state index in [-0.39, 0.29) is 11.6 Å². The fourth-order valence-corrected chi connectivity index (χ4v) is 2.44. The number of aromatic nitrogens is 1. The van der Waals surface area contributed by atoms with E-state index in [9.17, 15) is 9.59 Å². The molecule has 1 saturated carbocycles. The average Bonchev–Trinajstić information content (AvgIpc) is 2.39. The van der Waals surface area contributed by atoms with Gasteiger partial charge < -0.3 is 0 Å². The van der Waals surface area contributed by atoms with E-state index in [4.69, 9.17) is 0 Å². The molecule has 1 fully saturated rings. The first-order valence-electron chi connectivity index (χ1n) is 6.19. The minimum Gasteiger partial charge on any atom is -0.299 e. The van der Waals surface area contributed by atoms with Gasteiger partial charge in [-0.2, -0.15) is 0 Å². The molecule has 2 rings (SSSR count). The largest absolute Gasteiger partial charge is 0.299 e. The number of hydrogen-bond acceptors (Lipinski definition) is 3. The molecule has 0 radical (unpaired) electrons. The monoisotopic (exact) mass is 231 g/mol. The Morgan fingerprint density at radius 2 is 2.35 bits per heavy atom. The molecule has 1 aliphatic rings. The van der Waals surface area contributed by atoms with Gasteiger partial charge >= 0.3 is 0 Å². The van der Waals surface area contributed by atoms with Crippen LogP contribution in [0.1, 0.15) is 43.0 Å². The highest BCUT2D eigenvalue weighted by molar-refractivity contribution is 6.10. The maximum absolute atomic E-state index is 12.2. The lowest BCUT2D eigenvalue weighted by Gasteiger charge is -2.26.